The number of hydrogen-bond acceptors (Lipinski definition) is 8. The average Bonchev–Trinajstić information content (AvgIpc) is 3.62. The molecule has 1 atom stereocenters. The molecule has 0 unspecified atom stereocenters. The first kappa shape index (κ1) is 23.4. The van der Waals surface area contributed by atoms with E-state index in [0.717, 1.165) is 29.7 Å². The Morgan fingerprint density at radius 1 is 1.03 bits per heavy atom. The molecule has 2 aliphatic rings. The van der Waals surface area contributed by atoms with Crippen molar-refractivity contribution in [3.05, 3.63) is 105 Å². The maximum absolute atomic E-state index is 13.7. The summed E-state index contributed by atoms with van der Waals surface area (Å²) in [4.78, 5) is 19.0. The van der Waals surface area contributed by atoms with E-state index in [0.29, 0.717) is 41.5 Å². The summed E-state index contributed by atoms with van der Waals surface area (Å²) in [7, 11) is 1.64. The number of H-pyrrole nitrogens is 1. The van der Waals surface area contributed by atoms with Crippen LogP contribution < -0.4 is 19.8 Å². The Balaban J connectivity index is 1.34. The van der Waals surface area contributed by atoms with Crippen molar-refractivity contribution in [2.45, 2.75) is 25.6 Å². The van der Waals surface area contributed by atoms with Gasteiger partial charge in [0.15, 0.2) is 17.3 Å². The second kappa shape index (κ2) is 9.55. The number of benzene rings is 3. The monoisotopic (exact) mass is 522 g/mol. The van der Waals surface area contributed by atoms with Crippen LogP contribution in [0.5, 0.6) is 17.2 Å². The lowest BCUT2D eigenvalue weighted by molar-refractivity contribution is 0.174. The SMILES string of the molecule is COc1ccc(Cn2nnnc2[C@@H](c2cc3cc4c(cc3[nH]c2=O)OCO4)N2CCc3ccccc3C2)cc1. The zero-order chi connectivity index (χ0) is 26.3. The van der Waals surface area contributed by atoms with Gasteiger partial charge in [0.2, 0.25) is 6.79 Å². The third-order valence-corrected chi connectivity index (χ3v) is 7.48. The van der Waals surface area contributed by atoms with Gasteiger partial charge in [0.1, 0.15) is 11.8 Å². The summed E-state index contributed by atoms with van der Waals surface area (Å²) in [6.07, 6.45) is 0.872. The minimum absolute atomic E-state index is 0.165. The fraction of sp³-hybridized carbons (Fsp3) is 0.241. The summed E-state index contributed by atoms with van der Waals surface area (Å²) < 4.78 is 18.2. The molecular weight excluding hydrogens is 496 g/mol. The molecule has 0 bridgehead atoms. The Morgan fingerprint density at radius 3 is 2.64 bits per heavy atom. The summed E-state index contributed by atoms with van der Waals surface area (Å²) in [5.41, 5.74) is 4.66. The lowest BCUT2D eigenvalue weighted by atomic mass is 9.96. The number of ether oxygens (including phenoxy) is 3. The normalized spacial score (nSPS) is 15.3. The molecule has 0 saturated carbocycles. The van der Waals surface area contributed by atoms with E-state index in [-0.39, 0.29) is 12.4 Å². The molecule has 39 heavy (non-hydrogen) atoms. The molecule has 0 amide bonds. The van der Waals surface area contributed by atoms with E-state index in [1.54, 1.807) is 11.8 Å². The van der Waals surface area contributed by atoms with Crippen LogP contribution in [0.25, 0.3) is 10.9 Å². The second-order valence-electron chi connectivity index (χ2n) is 9.78. The van der Waals surface area contributed by atoms with E-state index in [2.05, 4.69) is 49.7 Å². The molecule has 0 aliphatic carbocycles. The molecule has 10 heteroatoms. The van der Waals surface area contributed by atoms with Crippen LogP contribution in [0.4, 0.5) is 0 Å². The quantitative estimate of drug-likeness (QED) is 0.361. The Labute approximate surface area is 223 Å². The van der Waals surface area contributed by atoms with Crippen molar-refractivity contribution in [3.63, 3.8) is 0 Å². The first-order chi connectivity index (χ1) is 19.2. The van der Waals surface area contributed by atoms with Crippen molar-refractivity contribution < 1.29 is 14.2 Å². The van der Waals surface area contributed by atoms with Crippen LogP contribution in [0.1, 0.15) is 34.1 Å². The number of nitrogens with one attached hydrogen (secondary N) is 1. The fourth-order valence-electron chi connectivity index (χ4n) is 5.48. The van der Waals surface area contributed by atoms with Gasteiger partial charge in [0.05, 0.1) is 19.2 Å². The number of aromatic nitrogens is 5. The highest BCUT2D eigenvalue weighted by Gasteiger charge is 2.33. The van der Waals surface area contributed by atoms with E-state index >= 15 is 0 Å². The van der Waals surface area contributed by atoms with E-state index in [9.17, 15) is 4.79 Å². The standard InChI is InChI=1S/C29H26N6O4/c1-37-22-8-6-18(7-9-22)15-35-28(31-32-33-35)27(34-11-10-19-4-2-3-5-20(19)16-34)23-12-21-13-25-26(39-17-38-25)14-24(21)30-29(23)36/h2-9,12-14,27H,10-11,15-17H2,1H3,(H,30,36)/t27-/m1/s1. The van der Waals surface area contributed by atoms with Crippen LogP contribution in [-0.4, -0.2) is 50.5 Å². The van der Waals surface area contributed by atoms with Crippen LogP contribution >= 0.6 is 0 Å². The molecule has 2 aromatic heterocycles. The predicted molar refractivity (Wildman–Crippen MR) is 143 cm³/mol. The largest absolute Gasteiger partial charge is 0.497 e. The van der Waals surface area contributed by atoms with Gasteiger partial charge in [-0.1, -0.05) is 36.4 Å². The molecule has 4 heterocycles. The van der Waals surface area contributed by atoms with Gasteiger partial charge in [-0.15, -0.1) is 5.10 Å². The Kier molecular flexibility index (Phi) is 5.74. The van der Waals surface area contributed by atoms with E-state index in [1.807, 2.05) is 42.5 Å². The first-order valence-corrected chi connectivity index (χ1v) is 12.8. The minimum Gasteiger partial charge on any atom is -0.497 e. The van der Waals surface area contributed by atoms with Gasteiger partial charge in [0.25, 0.3) is 5.56 Å². The maximum Gasteiger partial charge on any atom is 0.253 e. The van der Waals surface area contributed by atoms with Crippen molar-refractivity contribution in [2.24, 2.45) is 0 Å². The van der Waals surface area contributed by atoms with Crippen molar-refractivity contribution in [1.82, 2.24) is 30.1 Å². The van der Waals surface area contributed by atoms with Gasteiger partial charge in [-0.25, -0.2) is 4.68 Å². The van der Waals surface area contributed by atoms with Crippen molar-refractivity contribution >= 4 is 10.9 Å². The van der Waals surface area contributed by atoms with E-state index in [1.165, 1.54) is 11.1 Å². The molecule has 0 fully saturated rings. The number of rotatable bonds is 6. The molecule has 1 N–H and O–H groups in total. The third kappa shape index (κ3) is 4.28. The summed E-state index contributed by atoms with van der Waals surface area (Å²) >= 11 is 0. The molecule has 3 aromatic carbocycles. The van der Waals surface area contributed by atoms with Crippen LogP contribution in [0.2, 0.25) is 0 Å². The molecule has 7 rings (SSSR count). The lowest BCUT2D eigenvalue weighted by Gasteiger charge is -2.34. The predicted octanol–water partition coefficient (Wildman–Crippen LogP) is 3.45. The highest BCUT2D eigenvalue weighted by atomic mass is 16.7. The molecule has 196 valence electrons. The van der Waals surface area contributed by atoms with Gasteiger partial charge < -0.3 is 19.2 Å². The van der Waals surface area contributed by atoms with Gasteiger partial charge in [-0.2, -0.15) is 0 Å². The molecule has 5 aromatic rings. The minimum atomic E-state index is -0.467. The number of aromatic amines is 1. The lowest BCUT2D eigenvalue weighted by Crippen LogP contribution is -2.38. The number of nitrogens with zero attached hydrogens (tertiary/aromatic N) is 5. The summed E-state index contributed by atoms with van der Waals surface area (Å²) in [5.74, 6) is 2.67. The number of pyridine rings is 1. The van der Waals surface area contributed by atoms with Crippen LogP contribution in [-0.2, 0) is 19.5 Å². The summed E-state index contributed by atoms with van der Waals surface area (Å²) in [6.45, 7) is 2.06. The van der Waals surface area contributed by atoms with Crippen LogP contribution in [0, 0.1) is 0 Å². The summed E-state index contributed by atoms with van der Waals surface area (Å²) in [6, 6.07) is 21.4. The highest BCUT2D eigenvalue weighted by Crippen LogP contribution is 2.37. The molecule has 0 saturated heterocycles. The number of methoxy groups -OCH3 is 1. The smallest absolute Gasteiger partial charge is 0.253 e. The zero-order valence-electron chi connectivity index (χ0n) is 21.3. The average molecular weight is 523 g/mol. The molecular formula is C29H26N6O4. The van der Waals surface area contributed by atoms with Gasteiger partial charge in [0, 0.05) is 30.1 Å². The van der Waals surface area contributed by atoms with Gasteiger partial charge in [-0.05, 0) is 57.8 Å². The fourth-order valence-corrected chi connectivity index (χ4v) is 5.48. The van der Waals surface area contributed by atoms with Crippen molar-refractivity contribution in [3.8, 4) is 17.2 Å². The van der Waals surface area contributed by atoms with Crippen LogP contribution in [0.3, 0.4) is 0 Å². The van der Waals surface area contributed by atoms with E-state index < -0.39 is 6.04 Å². The number of fused-ring (bicyclic) bond motifs is 3. The topological polar surface area (TPSA) is 107 Å². The van der Waals surface area contributed by atoms with Gasteiger partial charge >= 0.3 is 0 Å². The molecule has 0 radical (unpaired) electrons. The van der Waals surface area contributed by atoms with Crippen molar-refractivity contribution in [2.75, 3.05) is 20.4 Å². The molecule has 10 nitrogen and oxygen atoms in total. The zero-order valence-corrected chi connectivity index (χ0v) is 21.3. The second-order valence-corrected chi connectivity index (χ2v) is 9.78. The van der Waals surface area contributed by atoms with Crippen LogP contribution in [0.15, 0.2) is 71.5 Å². The summed E-state index contributed by atoms with van der Waals surface area (Å²) in [5, 5.41) is 13.7. The Hall–Kier alpha value is -4.70. The van der Waals surface area contributed by atoms with E-state index in [4.69, 9.17) is 14.2 Å². The number of tetrazole rings is 1. The maximum atomic E-state index is 13.7. The van der Waals surface area contributed by atoms with Crippen molar-refractivity contribution in [1.29, 1.82) is 0 Å². The highest BCUT2D eigenvalue weighted by molar-refractivity contribution is 5.83. The third-order valence-electron chi connectivity index (χ3n) is 7.48. The first-order valence-electron chi connectivity index (χ1n) is 12.8. The Bertz CT molecular complexity index is 1730. The number of hydrogen-bond donors (Lipinski definition) is 1. The molecule has 0 spiro atoms. The van der Waals surface area contributed by atoms with Gasteiger partial charge in [-0.3, -0.25) is 9.69 Å². The Morgan fingerprint density at radius 2 is 1.82 bits per heavy atom. The molecule has 2 aliphatic heterocycles.